The van der Waals surface area contributed by atoms with Crippen LogP contribution in [0.15, 0.2) is 76.7 Å². The smallest absolute Gasteiger partial charge is 0.282 e. The van der Waals surface area contributed by atoms with E-state index in [4.69, 9.17) is 4.74 Å². The van der Waals surface area contributed by atoms with Gasteiger partial charge < -0.3 is 25.0 Å². The number of methoxy groups -OCH3 is 1. The van der Waals surface area contributed by atoms with Crippen molar-refractivity contribution in [2.75, 3.05) is 25.6 Å². The predicted molar refractivity (Wildman–Crippen MR) is 174 cm³/mol. The van der Waals surface area contributed by atoms with E-state index in [-0.39, 0.29) is 22.0 Å². The molecule has 3 aromatic heterocycles. The molecule has 11 heteroatoms. The lowest BCUT2D eigenvalue weighted by atomic mass is 9.86. The molecule has 0 amide bonds. The van der Waals surface area contributed by atoms with Crippen LogP contribution in [-0.4, -0.2) is 44.7 Å². The van der Waals surface area contributed by atoms with Crippen LogP contribution in [0.25, 0.3) is 27.6 Å². The van der Waals surface area contributed by atoms with E-state index in [2.05, 4.69) is 20.7 Å². The molecule has 0 radical (unpaired) electrons. The molecular formula is C34H37FN6O4. The summed E-state index contributed by atoms with van der Waals surface area (Å²) >= 11 is 0. The summed E-state index contributed by atoms with van der Waals surface area (Å²) in [6.07, 6.45) is 4.84. The van der Waals surface area contributed by atoms with Crippen molar-refractivity contribution in [1.82, 2.24) is 24.6 Å². The van der Waals surface area contributed by atoms with Crippen molar-refractivity contribution in [2.45, 2.75) is 39.3 Å². The summed E-state index contributed by atoms with van der Waals surface area (Å²) in [6.45, 7) is 7.44. The molecule has 0 fully saturated rings. The number of hydrogen-bond donors (Lipinski definition) is 3. The van der Waals surface area contributed by atoms with Crippen LogP contribution >= 0.6 is 0 Å². The molecule has 5 rings (SSSR count). The lowest BCUT2D eigenvalue weighted by Crippen LogP contribution is -2.24. The number of nitrogens with zero attached hydrogens (tertiary/aromatic N) is 4. The number of benzene rings is 2. The number of anilines is 2. The fourth-order valence-corrected chi connectivity index (χ4v) is 5.14. The maximum atomic E-state index is 15.3. The lowest BCUT2D eigenvalue weighted by molar-refractivity contribution is 0.199. The maximum absolute atomic E-state index is 15.3. The first kappa shape index (κ1) is 31.7. The van der Waals surface area contributed by atoms with Crippen molar-refractivity contribution in [3.63, 3.8) is 0 Å². The zero-order valence-corrected chi connectivity index (χ0v) is 26.0. The Bertz CT molecular complexity index is 1960. The number of ether oxygens (including phenoxy) is 1. The third-order valence-electron chi connectivity index (χ3n) is 7.64. The molecular weight excluding hydrogens is 575 g/mol. The van der Waals surface area contributed by atoms with E-state index < -0.39 is 18.0 Å². The Hall–Kier alpha value is -4.71. The summed E-state index contributed by atoms with van der Waals surface area (Å²) in [7, 11) is 3.28. The Morgan fingerprint density at radius 2 is 1.84 bits per heavy atom. The van der Waals surface area contributed by atoms with Crippen LogP contribution in [0.3, 0.4) is 0 Å². The zero-order valence-electron chi connectivity index (χ0n) is 26.0. The van der Waals surface area contributed by atoms with Gasteiger partial charge in [-0.3, -0.25) is 9.59 Å². The Labute approximate surface area is 260 Å². The molecule has 5 aromatic rings. The van der Waals surface area contributed by atoms with Crippen molar-refractivity contribution >= 4 is 22.3 Å². The van der Waals surface area contributed by atoms with Crippen LogP contribution < -0.4 is 21.8 Å². The largest absolute Gasteiger partial charge is 0.392 e. The highest BCUT2D eigenvalue weighted by Crippen LogP contribution is 2.31. The highest BCUT2D eigenvalue weighted by molar-refractivity contribution is 5.83. The fraction of sp³-hybridized carbons (Fsp3) is 0.294. The van der Waals surface area contributed by atoms with E-state index in [1.165, 1.54) is 16.8 Å². The third-order valence-corrected chi connectivity index (χ3v) is 7.64. The van der Waals surface area contributed by atoms with Crippen LogP contribution in [0.5, 0.6) is 0 Å². The number of hydrogen-bond acceptors (Lipinski definition) is 8. The monoisotopic (exact) mass is 612 g/mol. The third kappa shape index (κ3) is 6.70. The number of rotatable bonds is 10. The average molecular weight is 613 g/mol. The number of aryl methyl sites for hydroxylation is 1. The number of pyridine rings is 2. The molecule has 2 aromatic carbocycles. The second-order valence-electron chi connectivity index (χ2n) is 11.9. The van der Waals surface area contributed by atoms with Crippen molar-refractivity contribution in [1.29, 1.82) is 0 Å². The average Bonchev–Trinajstić information content (AvgIpc) is 3.01. The van der Waals surface area contributed by atoms with E-state index in [9.17, 15) is 14.7 Å². The van der Waals surface area contributed by atoms with Crippen LogP contribution in [0.1, 0.15) is 37.5 Å². The number of aromatic nitrogens is 4. The highest BCUT2D eigenvalue weighted by atomic mass is 19.1. The summed E-state index contributed by atoms with van der Waals surface area (Å²) < 4.78 is 22.9. The van der Waals surface area contributed by atoms with Gasteiger partial charge in [0.05, 0.1) is 30.5 Å². The highest BCUT2D eigenvalue weighted by Gasteiger charge is 2.21. The summed E-state index contributed by atoms with van der Waals surface area (Å²) in [5.74, 6) is -0.136. The number of nitrogens with one attached hydrogen (secondary N) is 2. The molecule has 0 saturated heterocycles. The summed E-state index contributed by atoms with van der Waals surface area (Å²) in [4.78, 5) is 31.1. The van der Waals surface area contributed by atoms with Gasteiger partial charge in [-0.25, -0.2) is 9.37 Å². The van der Waals surface area contributed by atoms with Gasteiger partial charge >= 0.3 is 0 Å². The maximum Gasteiger partial charge on any atom is 0.282 e. The topological polar surface area (TPSA) is 123 Å². The minimum Gasteiger partial charge on any atom is -0.392 e. The lowest BCUT2D eigenvalue weighted by Gasteiger charge is -2.20. The van der Waals surface area contributed by atoms with Gasteiger partial charge in [-0.05, 0) is 52.4 Å². The van der Waals surface area contributed by atoms with Crippen molar-refractivity contribution < 1.29 is 14.2 Å². The Morgan fingerprint density at radius 3 is 2.53 bits per heavy atom. The molecule has 0 unspecified atom stereocenters. The fourth-order valence-electron chi connectivity index (χ4n) is 5.14. The van der Waals surface area contributed by atoms with Crippen LogP contribution in [0.4, 0.5) is 15.9 Å². The first-order chi connectivity index (χ1) is 21.5. The van der Waals surface area contributed by atoms with E-state index in [0.29, 0.717) is 46.7 Å². The summed E-state index contributed by atoms with van der Waals surface area (Å²) in [5, 5.41) is 21.6. The Balaban J connectivity index is 1.52. The van der Waals surface area contributed by atoms with Gasteiger partial charge in [0.2, 0.25) is 0 Å². The normalized spacial score (nSPS) is 11.7. The molecule has 234 valence electrons. The molecule has 0 bridgehead atoms. The molecule has 0 spiro atoms. The van der Waals surface area contributed by atoms with Gasteiger partial charge in [-0.15, -0.1) is 0 Å². The van der Waals surface area contributed by atoms with Gasteiger partial charge in [0, 0.05) is 56.2 Å². The second kappa shape index (κ2) is 13.1. The van der Waals surface area contributed by atoms with Crippen LogP contribution in [-0.2, 0) is 30.4 Å². The van der Waals surface area contributed by atoms with Gasteiger partial charge in [0.15, 0.2) is 0 Å². The molecule has 0 atom stereocenters. The number of halogens is 1. The summed E-state index contributed by atoms with van der Waals surface area (Å²) in [5.41, 5.74) is 2.68. The van der Waals surface area contributed by atoms with E-state index in [0.717, 1.165) is 22.4 Å². The quantitative estimate of drug-likeness (QED) is 0.196. The van der Waals surface area contributed by atoms with E-state index in [1.54, 1.807) is 62.9 Å². The van der Waals surface area contributed by atoms with Gasteiger partial charge in [-0.2, -0.15) is 9.78 Å². The number of aliphatic hydroxyl groups is 1. The zero-order chi connectivity index (χ0) is 32.3. The van der Waals surface area contributed by atoms with E-state index in [1.807, 2.05) is 26.8 Å². The predicted octanol–water partition coefficient (Wildman–Crippen LogP) is 4.55. The molecule has 3 heterocycles. The Kier molecular flexibility index (Phi) is 9.24. The molecule has 10 nitrogen and oxygen atoms in total. The molecule has 0 aliphatic rings. The van der Waals surface area contributed by atoms with Crippen LogP contribution in [0, 0.1) is 5.82 Å². The SMILES string of the molecule is COCCNCc1ccc(Nc2cc(-c3cccc(-n4ncc5cc(C(C)(C)C)cc(F)c5c4=O)c3CO)cn(C)c2=O)nc1. The minimum absolute atomic E-state index is 0.0786. The van der Waals surface area contributed by atoms with Crippen molar-refractivity contribution in [2.24, 2.45) is 7.05 Å². The second-order valence-corrected chi connectivity index (χ2v) is 11.9. The standard InChI is InChI=1S/C34H37FN6O4/c1-34(2,3)24-13-22-18-38-41(33(44)31(22)27(35)15-24)29-8-6-7-25(26(29)20-42)23-14-28(32(43)40(4)19-23)39-30-10-9-21(17-37-30)16-36-11-12-45-5/h6-10,13-15,17-19,36,42H,11-12,16,20H2,1-5H3,(H,37,39). The molecule has 0 aliphatic heterocycles. The molecule has 0 aliphatic carbocycles. The van der Waals surface area contributed by atoms with Crippen LogP contribution in [0.2, 0.25) is 0 Å². The van der Waals surface area contributed by atoms with Gasteiger partial charge in [0.25, 0.3) is 11.1 Å². The number of fused-ring (bicyclic) bond motifs is 1. The molecule has 45 heavy (non-hydrogen) atoms. The first-order valence-electron chi connectivity index (χ1n) is 14.6. The van der Waals surface area contributed by atoms with E-state index >= 15 is 4.39 Å². The van der Waals surface area contributed by atoms with Crippen molar-refractivity contribution in [3.8, 4) is 16.8 Å². The van der Waals surface area contributed by atoms with Gasteiger partial charge in [-0.1, -0.05) is 39.0 Å². The first-order valence-corrected chi connectivity index (χ1v) is 14.6. The molecule has 3 N–H and O–H groups in total. The minimum atomic E-state index is -0.636. The van der Waals surface area contributed by atoms with Gasteiger partial charge in [0.1, 0.15) is 17.3 Å². The molecule has 0 saturated carbocycles. The Morgan fingerprint density at radius 1 is 1.04 bits per heavy atom. The summed E-state index contributed by atoms with van der Waals surface area (Å²) in [6, 6.07) is 13.7. The number of aliphatic hydroxyl groups excluding tert-OH is 1. The van der Waals surface area contributed by atoms with Crippen molar-refractivity contribution in [3.05, 3.63) is 110 Å².